The predicted molar refractivity (Wildman–Crippen MR) is 185 cm³/mol. The molecule has 1 saturated heterocycles. The molecule has 12 heteroatoms. The number of carbonyl (C=O) groups is 2. The molecule has 2 aromatic rings. The van der Waals surface area contributed by atoms with Crippen LogP contribution < -0.4 is 14.8 Å². The standard InChI is InChI=1S/C39H50N2O10/c1-7-41-20-36(51-35(43)22-10-8-9-11-25(22)40-34(42)21-12-13-26(46-2)27(16-21)47-3)15-14-31(49-5)38-29(36)18-24(32(38)41)37(44)19-28(48-4)23-17-30(38)39(37,45)33(23)50-6/h8-13,16,23-24,28-33,44-45H,7,14-15,17-20H2,1-6H3,(H,40,42)/t23-,24+,28+,29-,30+,31+,32?,33+,36-,37+,38+,39+/m1/s1. The molecule has 1 heterocycles. The molecule has 0 radical (unpaired) electrons. The zero-order valence-corrected chi connectivity index (χ0v) is 30.2. The van der Waals surface area contributed by atoms with E-state index in [4.69, 9.17) is 28.4 Å². The van der Waals surface area contributed by atoms with Crippen molar-refractivity contribution in [3.8, 4) is 11.5 Å². The second kappa shape index (κ2) is 12.1. The molecule has 6 fully saturated rings. The number of likely N-dealkylation sites (N-methyl/N-ethyl adjacent to an activating group) is 1. The quantitative estimate of drug-likeness (QED) is 0.312. The first kappa shape index (κ1) is 34.8. The van der Waals surface area contributed by atoms with E-state index in [0.717, 1.165) is 0 Å². The van der Waals surface area contributed by atoms with Crippen molar-refractivity contribution in [3.63, 3.8) is 0 Å². The number of likely N-dealkylation sites (tertiary alicyclic amines) is 1. The molecule has 0 aromatic heterocycles. The molecular formula is C39H50N2O10. The fraction of sp³-hybridized carbons (Fsp3) is 0.641. The lowest BCUT2D eigenvalue weighted by atomic mass is 9.44. The zero-order valence-electron chi connectivity index (χ0n) is 30.2. The number of ether oxygens (including phenoxy) is 6. The van der Waals surface area contributed by atoms with E-state index in [1.807, 2.05) is 0 Å². The van der Waals surface area contributed by atoms with Crippen LogP contribution in [-0.4, -0.2) is 117 Å². The molecule has 12 nitrogen and oxygen atoms in total. The van der Waals surface area contributed by atoms with Gasteiger partial charge in [-0.1, -0.05) is 19.1 Å². The number of nitrogens with zero attached hydrogens (tertiary/aromatic N) is 1. The van der Waals surface area contributed by atoms with Crippen molar-refractivity contribution < 1.29 is 48.2 Å². The van der Waals surface area contributed by atoms with E-state index in [2.05, 4.69) is 17.1 Å². The molecule has 5 aliphatic carbocycles. The number of hydrogen-bond acceptors (Lipinski definition) is 11. The summed E-state index contributed by atoms with van der Waals surface area (Å²) in [6.45, 7) is 3.29. The number of piperidine rings is 1. The van der Waals surface area contributed by atoms with E-state index in [9.17, 15) is 19.8 Å². The van der Waals surface area contributed by atoms with Crippen LogP contribution in [0.1, 0.15) is 59.7 Å². The molecule has 7 bridgehead atoms. The smallest absolute Gasteiger partial charge is 0.340 e. The minimum atomic E-state index is -1.51. The number of amides is 1. The first-order chi connectivity index (χ1) is 24.5. The van der Waals surface area contributed by atoms with Crippen LogP contribution in [0.15, 0.2) is 42.5 Å². The Labute approximate surface area is 298 Å². The third-order valence-corrected chi connectivity index (χ3v) is 14.2. The summed E-state index contributed by atoms with van der Waals surface area (Å²) in [4.78, 5) is 30.4. The van der Waals surface area contributed by atoms with Crippen molar-refractivity contribution in [3.05, 3.63) is 53.6 Å². The van der Waals surface area contributed by atoms with Gasteiger partial charge in [0.25, 0.3) is 5.91 Å². The Balaban J connectivity index is 1.17. The maximum absolute atomic E-state index is 14.5. The number of benzene rings is 2. The largest absolute Gasteiger partial charge is 0.493 e. The number of methoxy groups -OCH3 is 5. The van der Waals surface area contributed by atoms with Crippen LogP contribution in [-0.2, 0) is 18.9 Å². The lowest BCUT2D eigenvalue weighted by molar-refractivity contribution is -0.337. The summed E-state index contributed by atoms with van der Waals surface area (Å²) in [5.74, 6) is -1.00. The number of anilines is 1. The molecule has 5 saturated carbocycles. The minimum Gasteiger partial charge on any atom is -0.493 e. The number of carbonyl (C=O) groups excluding carboxylic acids is 2. The van der Waals surface area contributed by atoms with Gasteiger partial charge in [0.15, 0.2) is 11.5 Å². The molecule has 8 rings (SSSR count). The average molecular weight is 707 g/mol. The Morgan fingerprint density at radius 1 is 0.941 bits per heavy atom. The average Bonchev–Trinajstić information content (AvgIpc) is 3.57. The van der Waals surface area contributed by atoms with Crippen LogP contribution in [0.4, 0.5) is 5.69 Å². The summed E-state index contributed by atoms with van der Waals surface area (Å²) < 4.78 is 36.0. The second-order valence-corrected chi connectivity index (χ2v) is 15.5. The highest BCUT2D eigenvalue weighted by atomic mass is 16.6. The van der Waals surface area contributed by atoms with E-state index in [-0.39, 0.29) is 47.5 Å². The van der Waals surface area contributed by atoms with Crippen LogP contribution in [0.5, 0.6) is 11.5 Å². The van der Waals surface area contributed by atoms with Crippen molar-refractivity contribution in [2.75, 3.05) is 54.0 Å². The second-order valence-electron chi connectivity index (χ2n) is 15.5. The summed E-state index contributed by atoms with van der Waals surface area (Å²) in [6, 6.07) is 11.7. The van der Waals surface area contributed by atoms with Crippen molar-refractivity contribution >= 4 is 17.6 Å². The number of nitrogens with one attached hydrogen (secondary N) is 1. The zero-order chi connectivity index (χ0) is 36.1. The predicted octanol–water partition coefficient (Wildman–Crippen LogP) is 3.53. The molecule has 2 aromatic carbocycles. The number of hydrogen-bond donors (Lipinski definition) is 3. The van der Waals surface area contributed by atoms with Gasteiger partial charge in [-0.3, -0.25) is 9.69 Å². The number of esters is 1. The minimum absolute atomic E-state index is 0.0835. The third-order valence-electron chi connectivity index (χ3n) is 14.2. The van der Waals surface area contributed by atoms with Crippen LogP contribution in [0.2, 0.25) is 0 Å². The molecule has 1 aliphatic heterocycles. The van der Waals surface area contributed by atoms with Gasteiger partial charge in [-0.25, -0.2) is 4.79 Å². The molecule has 1 spiro atoms. The van der Waals surface area contributed by atoms with Crippen LogP contribution in [0.25, 0.3) is 0 Å². The topological polar surface area (TPSA) is 145 Å². The molecule has 1 unspecified atom stereocenters. The summed E-state index contributed by atoms with van der Waals surface area (Å²) >= 11 is 0. The molecule has 12 atom stereocenters. The van der Waals surface area contributed by atoms with E-state index in [1.54, 1.807) is 63.8 Å². The van der Waals surface area contributed by atoms with Gasteiger partial charge in [0.1, 0.15) is 16.8 Å². The van der Waals surface area contributed by atoms with E-state index in [0.29, 0.717) is 67.9 Å². The lowest BCUT2D eigenvalue weighted by Gasteiger charge is -2.70. The van der Waals surface area contributed by atoms with Gasteiger partial charge in [-0.05, 0) is 62.6 Å². The fourth-order valence-corrected chi connectivity index (χ4v) is 12.6. The summed E-state index contributed by atoms with van der Waals surface area (Å²) in [6.07, 6.45) is 1.64. The Morgan fingerprint density at radius 2 is 1.71 bits per heavy atom. The Kier molecular flexibility index (Phi) is 8.29. The Morgan fingerprint density at radius 3 is 2.39 bits per heavy atom. The molecule has 276 valence electrons. The van der Waals surface area contributed by atoms with Crippen LogP contribution in [0, 0.1) is 29.1 Å². The molecule has 1 amide bonds. The molecule has 51 heavy (non-hydrogen) atoms. The lowest BCUT2D eigenvalue weighted by Crippen LogP contribution is -2.83. The highest BCUT2D eigenvalue weighted by Gasteiger charge is 2.89. The Hall–Kier alpha value is -3.26. The van der Waals surface area contributed by atoms with E-state index in [1.165, 1.54) is 14.2 Å². The van der Waals surface area contributed by atoms with Crippen LogP contribution >= 0.6 is 0 Å². The highest BCUT2D eigenvalue weighted by molar-refractivity contribution is 6.08. The number of rotatable bonds is 10. The van der Waals surface area contributed by atoms with Gasteiger partial charge in [0.05, 0.1) is 43.8 Å². The maximum atomic E-state index is 14.5. The summed E-state index contributed by atoms with van der Waals surface area (Å²) in [7, 11) is 8.07. The number of aliphatic hydroxyl groups is 2. The van der Waals surface area contributed by atoms with Crippen molar-refractivity contribution in [2.45, 2.75) is 80.2 Å². The van der Waals surface area contributed by atoms with Crippen LogP contribution in [0.3, 0.4) is 0 Å². The Bertz CT molecular complexity index is 1720. The van der Waals surface area contributed by atoms with Gasteiger partial charge >= 0.3 is 5.97 Å². The SMILES string of the molecule is CCN1C[C@]2(OC(=O)c3ccccc3NC(=O)c3ccc(OC)c(OC)c3)CC[C@H](OC)[C@]34C1[C@H](C[C@H]23)[C@@]1(O)C[C@H](OC)[C@H]2C[C@@H]4[C@]1(O)[C@H]2OC. The number of fused-ring (bicyclic) bond motifs is 2. The van der Waals surface area contributed by atoms with Crippen molar-refractivity contribution in [1.29, 1.82) is 0 Å². The van der Waals surface area contributed by atoms with Crippen molar-refractivity contribution in [2.24, 2.45) is 29.1 Å². The third kappa shape index (κ3) is 4.34. The van der Waals surface area contributed by atoms with Gasteiger partial charge in [-0.2, -0.15) is 0 Å². The fourth-order valence-electron chi connectivity index (χ4n) is 12.6. The molecule has 3 N–H and O–H groups in total. The van der Waals surface area contributed by atoms with Gasteiger partial charge < -0.3 is 44.0 Å². The van der Waals surface area contributed by atoms with E-state index >= 15 is 0 Å². The number of para-hydroxylation sites is 1. The summed E-state index contributed by atoms with van der Waals surface area (Å²) in [5, 5.41) is 28.9. The molecule has 6 aliphatic rings. The normalized spacial score (nSPS) is 41.6. The van der Waals surface area contributed by atoms with Gasteiger partial charge in [0.2, 0.25) is 0 Å². The highest BCUT2D eigenvalue weighted by Crippen LogP contribution is 2.79. The summed E-state index contributed by atoms with van der Waals surface area (Å²) in [5.41, 5.74) is -3.60. The first-order valence-electron chi connectivity index (χ1n) is 18.2. The van der Waals surface area contributed by atoms with Gasteiger partial charge in [0, 0.05) is 75.0 Å². The molecular weight excluding hydrogens is 656 g/mol. The van der Waals surface area contributed by atoms with E-state index < -0.39 is 40.2 Å². The monoisotopic (exact) mass is 706 g/mol. The maximum Gasteiger partial charge on any atom is 0.340 e. The first-order valence-corrected chi connectivity index (χ1v) is 18.2. The van der Waals surface area contributed by atoms with Gasteiger partial charge in [-0.15, -0.1) is 0 Å². The van der Waals surface area contributed by atoms with Crippen molar-refractivity contribution in [1.82, 2.24) is 4.90 Å².